The molecule has 0 saturated carbocycles. The van der Waals surface area contributed by atoms with Crippen LogP contribution in [0.3, 0.4) is 0 Å². The van der Waals surface area contributed by atoms with E-state index in [9.17, 15) is 9.18 Å². The van der Waals surface area contributed by atoms with Crippen molar-refractivity contribution in [3.8, 4) is 0 Å². The molecule has 0 heterocycles. The van der Waals surface area contributed by atoms with Crippen LogP contribution in [0.5, 0.6) is 0 Å². The number of primary amides is 1. The number of carbonyl (C=O) groups excluding carboxylic acids is 1. The SMILES string of the molecule is NC(=O)c1cccc(N)c1Nc1ccc(Br)cc1F. The molecule has 6 heteroatoms. The third kappa shape index (κ3) is 2.85. The van der Waals surface area contributed by atoms with Crippen molar-refractivity contribution in [2.45, 2.75) is 0 Å². The van der Waals surface area contributed by atoms with E-state index in [2.05, 4.69) is 21.2 Å². The maximum atomic E-state index is 13.8. The second-order valence-corrected chi connectivity index (χ2v) is 4.80. The monoisotopic (exact) mass is 323 g/mol. The van der Waals surface area contributed by atoms with Crippen molar-refractivity contribution in [2.24, 2.45) is 5.73 Å². The quantitative estimate of drug-likeness (QED) is 0.759. The smallest absolute Gasteiger partial charge is 0.250 e. The van der Waals surface area contributed by atoms with Gasteiger partial charge in [0, 0.05) is 4.47 Å². The van der Waals surface area contributed by atoms with Crippen molar-refractivity contribution in [2.75, 3.05) is 11.1 Å². The second kappa shape index (κ2) is 5.27. The Morgan fingerprint density at radius 3 is 2.63 bits per heavy atom. The predicted molar refractivity (Wildman–Crippen MR) is 76.8 cm³/mol. The molecule has 1 amide bonds. The molecular weight excluding hydrogens is 313 g/mol. The van der Waals surface area contributed by atoms with Crippen LogP contribution in [0, 0.1) is 5.82 Å². The van der Waals surface area contributed by atoms with E-state index in [0.717, 1.165) is 0 Å². The van der Waals surface area contributed by atoms with Crippen molar-refractivity contribution >= 4 is 38.9 Å². The van der Waals surface area contributed by atoms with E-state index in [4.69, 9.17) is 11.5 Å². The van der Waals surface area contributed by atoms with Crippen LogP contribution in [0.15, 0.2) is 40.9 Å². The molecule has 0 aliphatic heterocycles. The number of hydrogen-bond acceptors (Lipinski definition) is 3. The summed E-state index contributed by atoms with van der Waals surface area (Å²) in [5.41, 5.74) is 12.1. The van der Waals surface area contributed by atoms with Crippen molar-refractivity contribution in [3.05, 3.63) is 52.3 Å². The lowest BCUT2D eigenvalue weighted by Gasteiger charge is -2.13. The summed E-state index contributed by atoms with van der Waals surface area (Å²) in [6.45, 7) is 0. The number of nitrogens with one attached hydrogen (secondary N) is 1. The molecule has 2 aromatic carbocycles. The van der Waals surface area contributed by atoms with Crippen molar-refractivity contribution in [1.82, 2.24) is 0 Å². The molecule has 0 aliphatic rings. The van der Waals surface area contributed by atoms with Crippen molar-refractivity contribution in [3.63, 3.8) is 0 Å². The van der Waals surface area contributed by atoms with E-state index < -0.39 is 11.7 Å². The predicted octanol–water partition coefficient (Wildman–Crippen LogP) is 3.01. The highest BCUT2D eigenvalue weighted by Gasteiger charge is 2.13. The van der Waals surface area contributed by atoms with Gasteiger partial charge in [-0.05, 0) is 30.3 Å². The number of benzene rings is 2. The van der Waals surface area contributed by atoms with Gasteiger partial charge in [0.2, 0.25) is 0 Å². The molecule has 0 bridgehead atoms. The molecule has 4 nitrogen and oxygen atoms in total. The summed E-state index contributed by atoms with van der Waals surface area (Å²) in [6, 6.07) is 9.26. The Labute approximate surface area is 117 Å². The standard InChI is InChI=1S/C13H11BrFN3O/c14-7-4-5-11(9(15)6-7)18-12-8(13(17)19)2-1-3-10(12)16/h1-6,18H,16H2,(H2,17,19). The second-order valence-electron chi connectivity index (χ2n) is 3.88. The van der Waals surface area contributed by atoms with Crippen LogP contribution in [-0.2, 0) is 0 Å². The van der Waals surface area contributed by atoms with Crippen LogP contribution in [0.2, 0.25) is 0 Å². The Bertz CT molecular complexity index is 646. The first-order valence-electron chi connectivity index (χ1n) is 5.39. The number of nitrogen functional groups attached to an aromatic ring is 1. The largest absolute Gasteiger partial charge is 0.397 e. The van der Waals surface area contributed by atoms with Crippen molar-refractivity contribution in [1.29, 1.82) is 0 Å². The van der Waals surface area contributed by atoms with Gasteiger partial charge in [-0.2, -0.15) is 0 Å². The van der Waals surface area contributed by atoms with Gasteiger partial charge < -0.3 is 16.8 Å². The summed E-state index contributed by atoms with van der Waals surface area (Å²) in [5, 5.41) is 2.80. The molecule has 0 aromatic heterocycles. The summed E-state index contributed by atoms with van der Waals surface area (Å²) in [4.78, 5) is 11.3. The maximum Gasteiger partial charge on any atom is 0.250 e. The molecule has 0 atom stereocenters. The van der Waals surface area contributed by atoms with Gasteiger partial charge in [0.25, 0.3) is 5.91 Å². The lowest BCUT2D eigenvalue weighted by atomic mass is 10.1. The van der Waals surface area contributed by atoms with E-state index in [1.54, 1.807) is 18.2 Å². The first kappa shape index (κ1) is 13.4. The number of hydrogen-bond donors (Lipinski definition) is 3. The number of carbonyl (C=O) groups is 1. The number of amides is 1. The Morgan fingerprint density at radius 2 is 2.00 bits per heavy atom. The molecule has 0 saturated heterocycles. The van der Waals surface area contributed by atoms with Crippen LogP contribution in [-0.4, -0.2) is 5.91 Å². The fourth-order valence-electron chi connectivity index (χ4n) is 1.64. The number of rotatable bonds is 3. The van der Waals surface area contributed by atoms with Crippen LogP contribution >= 0.6 is 15.9 Å². The summed E-state index contributed by atoms with van der Waals surface area (Å²) < 4.78 is 14.4. The average molecular weight is 324 g/mol. The zero-order chi connectivity index (χ0) is 14.0. The minimum absolute atomic E-state index is 0.210. The molecule has 0 radical (unpaired) electrons. The molecule has 0 aliphatic carbocycles. The van der Waals surface area contributed by atoms with Gasteiger partial charge in [0.1, 0.15) is 5.82 Å². The number of anilines is 3. The zero-order valence-electron chi connectivity index (χ0n) is 9.78. The van der Waals surface area contributed by atoms with Crippen molar-refractivity contribution < 1.29 is 9.18 Å². The third-order valence-electron chi connectivity index (χ3n) is 2.55. The maximum absolute atomic E-state index is 13.8. The minimum atomic E-state index is -0.632. The third-order valence-corrected chi connectivity index (χ3v) is 3.05. The first-order valence-corrected chi connectivity index (χ1v) is 6.18. The number of nitrogens with two attached hydrogens (primary N) is 2. The molecule has 2 aromatic rings. The molecule has 5 N–H and O–H groups in total. The highest BCUT2D eigenvalue weighted by molar-refractivity contribution is 9.10. The molecule has 2 rings (SSSR count). The molecule has 0 spiro atoms. The normalized spacial score (nSPS) is 10.2. The molecule has 0 fully saturated rings. The summed E-state index contributed by atoms with van der Waals surface area (Å²) >= 11 is 3.17. The van der Waals surface area contributed by atoms with E-state index in [0.29, 0.717) is 15.8 Å². The Balaban J connectivity index is 2.46. The Morgan fingerprint density at radius 1 is 1.26 bits per heavy atom. The number of halogens is 2. The lowest BCUT2D eigenvalue weighted by Crippen LogP contribution is -2.14. The molecular formula is C13H11BrFN3O. The fourth-order valence-corrected chi connectivity index (χ4v) is 1.97. The van der Waals surface area contributed by atoms with E-state index in [1.807, 2.05) is 0 Å². The van der Waals surface area contributed by atoms with Gasteiger partial charge in [-0.3, -0.25) is 4.79 Å². The van der Waals surface area contributed by atoms with Crippen LogP contribution in [0.4, 0.5) is 21.5 Å². The summed E-state index contributed by atoms with van der Waals surface area (Å²) in [6.07, 6.45) is 0. The summed E-state index contributed by atoms with van der Waals surface area (Å²) in [7, 11) is 0. The fraction of sp³-hybridized carbons (Fsp3) is 0. The molecule has 0 unspecified atom stereocenters. The zero-order valence-corrected chi connectivity index (χ0v) is 11.4. The number of para-hydroxylation sites is 1. The minimum Gasteiger partial charge on any atom is -0.397 e. The van der Waals surface area contributed by atoms with Crippen LogP contribution in [0.1, 0.15) is 10.4 Å². The van der Waals surface area contributed by atoms with Crippen LogP contribution < -0.4 is 16.8 Å². The van der Waals surface area contributed by atoms with Crippen LogP contribution in [0.25, 0.3) is 0 Å². The van der Waals surface area contributed by atoms with Gasteiger partial charge >= 0.3 is 0 Å². The van der Waals surface area contributed by atoms with Gasteiger partial charge in [-0.15, -0.1) is 0 Å². The van der Waals surface area contributed by atoms with Gasteiger partial charge in [-0.25, -0.2) is 4.39 Å². The van der Waals surface area contributed by atoms with Gasteiger partial charge in [0.05, 0.1) is 22.6 Å². The molecule has 98 valence electrons. The summed E-state index contributed by atoms with van der Waals surface area (Å²) in [5.74, 6) is -1.10. The highest BCUT2D eigenvalue weighted by atomic mass is 79.9. The van der Waals surface area contributed by atoms with E-state index in [-0.39, 0.29) is 11.3 Å². The van der Waals surface area contributed by atoms with Gasteiger partial charge in [0.15, 0.2) is 0 Å². The Hall–Kier alpha value is -2.08. The van der Waals surface area contributed by atoms with Gasteiger partial charge in [-0.1, -0.05) is 22.0 Å². The first-order chi connectivity index (χ1) is 8.99. The van der Waals surface area contributed by atoms with E-state index in [1.165, 1.54) is 18.2 Å². The Kier molecular flexibility index (Phi) is 3.71. The average Bonchev–Trinajstić information content (AvgIpc) is 2.34. The lowest BCUT2D eigenvalue weighted by molar-refractivity contribution is 0.100. The topological polar surface area (TPSA) is 81.1 Å². The highest BCUT2D eigenvalue weighted by Crippen LogP contribution is 2.29. The van der Waals surface area contributed by atoms with E-state index >= 15 is 0 Å². The molecule has 19 heavy (non-hydrogen) atoms.